The highest BCUT2D eigenvalue weighted by molar-refractivity contribution is 5.91. The molecule has 0 saturated heterocycles. The molecule has 0 saturated carbocycles. The Hall–Kier alpha value is -1.77. The number of aromatic carboxylic acids is 1. The highest BCUT2D eigenvalue weighted by Crippen LogP contribution is 2.21. The van der Waals surface area contributed by atoms with Gasteiger partial charge in [-0.3, -0.25) is 0 Å². The zero-order valence-electron chi connectivity index (χ0n) is 9.40. The molecule has 0 fully saturated rings. The molecule has 0 spiro atoms. The molecule has 1 aromatic carbocycles. The quantitative estimate of drug-likeness (QED) is 0.749. The summed E-state index contributed by atoms with van der Waals surface area (Å²) in [6.45, 7) is 6.21. The van der Waals surface area contributed by atoms with Crippen molar-refractivity contribution in [1.82, 2.24) is 0 Å². The summed E-state index contributed by atoms with van der Waals surface area (Å²) in [6, 6.07) is 5.04. The van der Waals surface area contributed by atoms with Crippen molar-refractivity contribution < 1.29 is 14.6 Å². The minimum atomic E-state index is -0.977. The number of rotatable bonds is 6. The molecule has 1 N–H and O–H groups in total. The van der Waals surface area contributed by atoms with Crippen molar-refractivity contribution in [3.8, 4) is 5.75 Å². The minimum absolute atomic E-state index is 0.188. The van der Waals surface area contributed by atoms with Gasteiger partial charge in [-0.05, 0) is 24.1 Å². The van der Waals surface area contributed by atoms with Crippen molar-refractivity contribution in [2.75, 3.05) is 6.61 Å². The van der Waals surface area contributed by atoms with Crippen molar-refractivity contribution in [3.05, 3.63) is 35.9 Å². The van der Waals surface area contributed by atoms with Crippen LogP contribution in [0.5, 0.6) is 5.75 Å². The standard InChI is InChI=1S/C13H16O3/c1-3-5-8-16-12-7-6-10(4-2)9-11(12)13(14)15/h4,6-7,9H,2-3,5,8H2,1H3,(H,14,15). The van der Waals surface area contributed by atoms with Crippen molar-refractivity contribution in [2.24, 2.45) is 0 Å². The highest BCUT2D eigenvalue weighted by atomic mass is 16.5. The Labute approximate surface area is 95.4 Å². The fourth-order valence-electron chi connectivity index (χ4n) is 1.29. The molecule has 0 heterocycles. The molecule has 16 heavy (non-hydrogen) atoms. The smallest absolute Gasteiger partial charge is 0.339 e. The van der Waals surface area contributed by atoms with Crippen LogP contribution in [0.4, 0.5) is 0 Å². The Morgan fingerprint density at radius 3 is 2.88 bits per heavy atom. The molecule has 0 unspecified atom stereocenters. The van der Waals surface area contributed by atoms with E-state index in [0.717, 1.165) is 18.4 Å². The second-order valence-electron chi connectivity index (χ2n) is 3.47. The van der Waals surface area contributed by atoms with Crippen LogP contribution in [0.25, 0.3) is 6.08 Å². The summed E-state index contributed by atoms with van der Waals surface area (Å²) in [6.07, 6.45) is 3.55. The van der Waals surface area contributed by atoms with Crippen LogP contribution in [0, 0.1) is 0 Å². The maximum atomic E-state index is 11.0. The van der Waals surface area contributed by atoms with E-state index in [0.29, 0.717) is 12.4 Å². The van der Waals surface area contributed by atoms with Crippen LogP contribution >= 0.6 is 0 Å². The van der Waals surface area contributed by atoms with E-state index in [-0.39, 0.29) is 5.56 Å². The average molecular weight is 220 g/mol. The van der Waals surface area contributed by atoms with E-state index in [9.17, 15) is 4.79 Å². The van der Waals surface area contributed by atoms with Gasteiger partial charge < -0.3 is 9.84 Å². The lowest BCUT2D eigenvalue weighted by Crippen LogP contribution is -2.04. The van der Waals surface area contributed by atoms with Gasteiger partial charge in [0, 0.05) is 0 Å². The number of hydrogen-bond donors (Lipinski definition) is 1. The number of carbonyl (C=O) groups is 1. The summed E-state index contributed by atoms with van der Waals surface area (Å²) in [5.41, 5.74) is 0.966. The van der Waals surface area contributed by atoms with E-state index in [4.69, 9.17) is 9.84 Å². The number of ether oxygens (including phenoxy) is 1. The third-order valence-electron chi connectivity index (χ3n) is 2.23. The fraction of sp³-hybridized carbons (Fsp3) is 0.308. The van der Waals surface area contributed by atoms with Gasteiger partial charge in [0.2, 0.25) is 0 Å². The van der Waals surface area contributed by atoms with Gasteiger partial charge in [-0.1, -0.05) is 32.1 Å². The normalized spacial score (nSPS) is 9.81. The molecule has 3 heteroatoms. The van der Waals surface area contributed by atoms with Crippen molar-refractivity contribution in [3.63, 3.8) is 0 Å². The number of carboxylic acids is 1. The molecule has 0 aliphatic rings. The van der Waals surface area contributed by atoms with E-state index in [2.05, 4.69) is 13.5 Å². The first kappa shape index (κ1) is 12.3. The van der Waals surface area contributed by atoms with E-state index >= 15 is 0 Å². The van der Waals surface area contributed by atoms with Crippen molar-refractivity contribution >= 4 is 12.0 Å². The zero-order chi connectivity index (χ0) is 12.0. The molecule has 0 aliphatic carbocycles. The SMILES string of the molecule is C=Cc1ccc(OCCCC)c(C(=O)O)c1. The Kier molecular flexibility index (Phi) is 4.58. The van der Waals surface area contributed by atoms with Gasteiger partial charge in [-0.2, -0.15) is 0 Å². The van der Waals surface area contributed by atoms with E-state index in [1.54, 1.807) is 24.3 Å². The van der Waals surface area contributed by atoms with Crippen LogP contribution in [-0.2, 0) is 0 Å². The van der Waals surface area contributed by atoms with Crippen LogP contribution in [0.15, 0.2) is 24.8 Å². The molecule has 0 bridgehead atoms. The summed E-state index contributed by atoms with van der Waals surface area (Å²) in [4.78, 5) is 11.0. The van der Waals surface area contributed by atoms with Gasteiger partial charge in [0.25, 0.3) is 0 Å². The fourth-order valence-corrected chi connectivity index (χ4v) is 1.29. The monoisotopic (exact) mass is 220 g/mol. The summed E-state index contributed by atoms with van der Waals surface area (Å²) in [5, 5.41) is 9.03. The first-order valence-electron chi connectivity index (χ1n) is 5.31. The zero-order valence-corrected chi connectivity index (χ0v) is 9.40. The maximum absolute atomic E-state index is 11.0. The lowest BCUT2D eigenvalue weighted by Gasteiger charge is -2.09. The third kappa shape index (κ3) is 3.12. The van der Waals surface area contributed by atoms with Gasteiger partial charge in [0.1, 0.15) is 11.3 Å². The largest absolute Gasteiger partial charge is 0.493 e. The lowest BCUT2D eigenvalue weighted by atomic mass is 10.1. The van der Waals surface area contributed by atoms with Gasteiger partial charge in [0.05, 0.1) is 6.61 Å². The Bertz CT molecular complexity index is 383. The van der Waals surface area contributed by atoms with Crippen LogP contribution in [0.1, 0.15) is 35.7 Å². The molecule has 3 nitrogen and oxygen atoms in total. The summed E-state index contributed by atoms with van der Waals surface area (Å²) >= 11 is 0. The number of hydrogen-bond acceptors (Lipinski definition) is 2. The average Bonchev–Trinajstić information content (AvgIpc) is 2.29. The summed E-state index contributed by atoms with van der Waals surface area (Å²) < 4.78 is 5.42. The Morgan fingerprint density at radius 1 is 1.56 bits per heavy atom. The van der Waals surface area contributed by atoms with Crippen LogP contribution in [-0.4, -0.2) is 17.7 Å². The number of unbranched alkanes of at least 4 members (excludes halogenated alkanes) is 1. The minimum Gasteiger partial charge on any atom is -0.493 e. The molecule has 0 aromatic heterocycles. The molecule has 0 amide bonds. The summed E-state index contributed by atoms with van der Waals surface area (Å²) in [5.74, 6) is -0.554. The highest BCUT2D eigenvalue weighted by Gasteiger charge is 2.11. The molecule has 0 atom stereocenters. The van der Waals surface area contributed by atoms with Gasteiger partial charge in [-0.15, -0.1) is 0 Å². The second-order valence-corrected chi connectivity index (χ2v) is 3.47. The van der Waals surface area contributed by atoms with Gasteiger partial charge >= 0.3 is 5.97 Å². The number of benzene rings is 1. The van der Waals surface area contributed by atoms with E-state index in [1.807, 2.05) is 0 Å². The van der Waals surface area contributed by atoms with Crippen molar-refractivity contribution in [2.45, 2.75) is 19.8 Å². The molecule has 86 valence electrons. The first-order valence-corrected chi connectivity index (χ1v) is 5.31. The van der Waals surface area contributed by atoms with E-state index < -0.39 is 5.97 Å². The van der Waals surface area contributed by atoms with E-state index in [1.165, 1.54) is 0 Å². The Balaban J connectivity index is 2.89. The van der Waals surface area contributed by atoms with Crippen LogP contribution in [0.3, 0.4) is 0 Å². The molecular weight excluding hydrogens is 204 g/mol. The summed E-state index contributed by atoms with van der Waals surface area (Å²) in [7, 11) is 0. The van der Waals surface area contributed by atoms with Crippen molar-refractivity contribution in [1.29, 1.82) is 0 Å². The van der Waals surface area contributed by atoms with Gasteiger partial charge in [0.15, 0.2) is 0 Å². The third-order valence-corrected chi connectivity index (χ3v) is 2.23. The maximum Gasteiger partial charge on any atom is 0.339 e. The molecule has 0 radical (unpaired) electrons. The number of carboxylic acid groups (broad SMARTS) is 1. The molecule has 1 rings (SSSR count). The van der Waals surface area contributed by atoms with Crippen LogP contribution in [0.2, 0.25) is 0 Å². The second kappa shape index (κ2) is 5.95. The topological polar surface area (TPSA) is 46.5 Å². The Morgan fingerprint density at radius 2 is 2.31 bits per heavy atom. The molecule has 0 aliphatic heterocycles. The molecule has 1 aromatic rings. The van der Waals surface area contributed by atoms with Gasteiger partial charge in [-0.25, -0.2) is 4.79 Å². The predicted molar refractivity (Wildman–Crippen MR) is 63.9 cm³/mol. The first-order chi connectivity index (χ1) is 7.69. The van der Waals surface area contributed by atoms with Crippen LogP contribution < -0.4 is 4.74 Å². The predicted octanol–water partition coefficient (Wildman–Crippen LogP) is 3.21. The lowest BCUT2D eigenvalue weighted by molar-refractivity contribution is 0.0692. The molecular formula is C13H16O3.